The predicted octanol–water partition coefficient (Wildman–Crippen LogP) is 5.24. The largest absolute Gasteiger partial charge is 1.00 e. The van der Waals surface area contributed by atoms with E-state index in [1.54, 1.807) is 119 Å². The number of ether oxygens (including phenoxy) is 12. The fourth-order valence-electron chi connectivity index (χ4n) is 17.7. The van der Waals surface area contributed by atoms with Gasteiger partial charge in [-0.25, -0.2) is 53.7 Å². The third-order valence-corrected chi connectivity index (χ3v) is 41.0. The van der Waals surface area contributed by atoms with Crippen LogP contribution in [-0.4, -0.2) is 296 Å². The average molecular weight is 2440 g/mol. The molecule has 0 aromatic carbocycles. The zero-order valence-electron chi connectivity index (χ0n) is 81.7. The number of anilines is 3. The number of fused-ring (bicyclic) bond motifs is 6. The standard InChI is InChI=1S/2C27H41ClN5O8PS.C26H39ClN5O8PS.C2H4O3.2Cs.HI/c2*1-15(42(7,8)35)43(36,37)14-18-19-20(40-27(5,6)39-19)23(38-18)33-22-17(13-29-33)21(30-24(28)31-22)32(16-11-9-10-12-16)25(34)41-26(2,3)4;1-25(2,3)40-24(33)31(15-10-8-9-11-15)20-16-12-28-32(21(16)30-23(27)29-20)22-19-18(38-26(4,5)39-19)17(37-22)13-42(35,36)14-41(6,7)34;1-4-5-2-3;;;/h2*13,15-16,18-20,23H,9-12,14H2,1-8H3;12,15,17-19,22H,8-11,13-14H2,1-7H3;2H,1H3;;;1H/q;;;;2*+1;/p-1/t15-,18+,19+,20+,23+;15-,18-,19-,20-,23-;17-,18-,19-,22-;;;;/m011..../s1. The molecule has 3 saturated carbocycles. The minimum atomic E-state index is -3.83. The average Bonchev–Trinajstić information content (AvgIpc) is 1.58. The van der Waals surface area contributed by atoms with E-state index < -0.39 is 210 Å². The van der Waals surface area contributed by atoms with Gasteiger partial charge >= 0.3 is 163 Å². The van der Waals surface area contributed by atoms with E-state index in [0.29, 0.717) is 16.2 Å². The minimum Gasteiger partial charge on any atom is -1.00 e. The minimum absolute atomic E-state index is 0. The van der Waals surface area contributed by atoms with Gasteiger partial charge in [0.1, 0.15) is 87.2 Å². The van der Waals surface area contributed by atoms with Crippen LogP contribution >= 0.6 is 56.2 Å². The molecule has 3 aliphatic carbocycles. The van der Waals surface area contributed by atoms with Crippen LogP contribution in [0.3, 0.4) is 0 Å². The van der Waals surface area contributed by atoms with Crippen molar-refractivity contribution >= 4 is 161 Å². The number of sulfone groups is 3. The number of rotatable bonds is 23. The first kappa shape index (κ1) is 118. The van der Waals surface area contributed by atoms with Gasteiger partial charge in [-0.15, -0.1) is 0 Å². The van der Waals surface area contributed by atoms with Crippen molar-refractivity contribution in [1.29, 1.82) is 0 Å². The van der Waals surface area contributed by atoms with Crippen molar-refractivity contribution in [3.8, 4) is 0 Å². The Labute approximate surface area is 943 Å². The second-order valence-corrected chi connectivity index (χ2v) is 60.1. The summed E-state index contributed by atoms with van der Waals surface area (Å²) in [4.78, 5) is 86.3. The molecule has 136 heavy (non-hydrogen) atoms. The number of halogens is 4. The van der Waals surface area contributed by atoms with Crippen LogP contribution in [0.2, 0.25) is 15.9 Å². The van der Waals surface area contributed by atoms with E-state index in [2.05, 4.69) is 55.0 Å². The molecule has 6 aliphatic heterocycles. The molecule has 0 spiro atoms. The molecule has 42 nitrogen and oxygen atoms in total. The molecule has 9 aliphatic rings. The molecule has 0 radical (unpaired) electrons. The van der Waals surface area contributed by atoms with Crippen molar-refractivity contribution in [3.05, 3.63) is 34.4 Å². The van der Waals surface area contributed by atoms with E-state index in [1.807, 2.05) is 0 Å². The first-order valence-electron chi connectivity index (χ1n) is 44.0. The van der Waals surface area contributed by atoms with Gasteiger partial charge in [0.15, 0.2) is 100.0 Å². The number of aromatic nitrogens is 12. The maximum absolute atomic E-state index is 13.5. The SMILES string of the molecule is CC(C)(C)OC(=O)N(c1nc(Cl)nc2c1cnn2[C@@H]1O[C@H](CS(=O)(=O)CP(C)(C)=O)[C@H]2OC(C)(C)O[C@H]21)C1CCCC1.COOC=O.C[C@@H](P(C)(C)=O)S(=O)(=O)C[C@H]1O[C@@H](n2ncc3c(N(C(=O)OC(C)(C)C)C4CCCC4)nc(Cl)nc32)[C@@H]2OC(C)(C)O[C@@H]21.C[C@H](P(C)(C)=O)S(=O)(=O)C[C@H]1O[C@@H](n2ncc3c(N(C(=O)OC(C)(C)C)C4CCCC4)nc(Cl)nc32)[C@@H]2OC(C)(C)O[C@@H]21.[Cs+].[Cs+].[I-]. The van der Waals surface area contributed by atoms with Crippen molar-refractivity contribution in [3.63, 3.8) is 0 Å². The van der Waals surface area contributed by atoms with Crippen molar-refractivity contribution < 1.29 is 287 Å². The Bertz CT molecular complexity index is 5600. The molecular formula is C82H125Cl3Cs2IN15O27P3S3+. The second-order valence-electron chi connectivity index (χ2n) is 40.4. The van der Waals surface area contributed by atoms with Gasteiger partial charge in [-0.3, -0.25) is 19.5 Å². The Morgan fingerprint density at radius 3 is 0.934 bits per heavy atom. The van der Waals surface area contributed by atoms with Crippen LogP contribution < -0.4 is 176 Å². The van der Waals surface area contributed by atoms with Crippen LogP contribution in [0, 0.1) is 0 Å². The fraction of sp³-hybridized carbons (Fsp3) is 0.768. The number of hydrogen-bond donors (Lipinski definition) is 0. The Morgan fingerprint density at radius 1 is 0.463 bits per heavy atom. The van der Waals surface area contributed by atoms with Gasteiger partial charge in [-0.1, -0.05) is 38.5 Å². The van der Waals surface area contributed by atoms with E-state index in [9.17, 15) is 53.3 Å². The third kappa shape index (κ3) is 28.8. The van der Waals surface area contributed by atoms with Gasteiger partial charge in [0.05, 0.1) is 80.5 Å². The van der Waals surface area contributed by atoms with E-state index in [4.69, 9.17) is 96.4 Å². The van der Waals surface area contributed by atoms with Gasteiger partial charge in [0.2, 0.25) is 15.9 Å². The predicted molar refractivity (Wildman–Crippen MR) is 495 cm³/mol. The van der Waals surface area contributed by atoms with Crippen LogP contribution in [-0.2, 0) is 115 Å². The fourth-order valence-corrected chi connectivity index (χ4v) is 31.9. The molecule has 3 amide bonds. The molecular weight excluding hydrogens is 2320 g/mol. The molecule has 9 fully saturated rings. The Balaban J connectivity index is 0.000000220. The van der Waals surface area contributed by atoms with Gasteiger partial charge in [-0.2, -0.15) is 50.1 Å². The molecule has 6 aromatic rings. The monoisotopic (exact) mass is 2440 g/mol. The van der Waals surface area contributed by atoms with Crippen LogP contribution in [0.5, 0.6) is 0 Å². The number of carbonyl (C=O) groups excluding carboxylic acids is 4. The zero-order chi connectivity index (χ0) is 98.3. The maximum atomic E-state index is 13.5. The second kappa shape index (κ2) is 45.5. The molecule has 6 saturated heterocycles. The Morgan fingerprint density at radius 2 is 0.713 bits per heavy atom. The number of amides is 3. The topological polar surface area (TPSA) is 492 Å². The molecule has 0 unspecified atom stereocenters. The summed E-state index contributed by atoms with van der Waals surface area (Å²) in [5.74, 6) is -3.46. The first-order chi connectivity index (χ1) is 61.3. The Hall–Kier alpha value is -1.23. The summed E-state index contributed by atoms with van der Waals surface area (Å²) in [7, 11) is -18.9. The molecule has 12 heterocycles. The van der Waals surface area contributed by atoms with Crippen LogP contribution in [0.15, 0.2) is 18.6 Å². The van der Waals surface area contributed by atoms with E-state index in [1.165, 1.54) is 93.6 Å². The van der Waals surface area contributed by atoms with E-state index in [0.717, 1.165) is 77.0 Å². The molecule has 54 heteroatoms. The third-order valence-electron chi connectivity index (χ3n) is 23.5. The number of carbonyl (C=O) groups is 4. The van der Waals surface area contributed by atoms with Crippen LogP contribution in [0.25, 0.3) is 33.1 Å². The summed E-state index contributed by atoms with van der Waals surface area (Å²) < 4.78 is 194. The number of nitrogens with zero attached hydrogens (tertiary/aromatic N) is 15. The maximum Gasteiger partial charge on any atom is 1.00 e. The van der Waals surface area contributed by atoms with Gasteiger partial charge in [0.25, 0.3) is 0 Å². The zero-order valence-corrected chi connectivity index (χ0v) is 104. The van der Waals surface area contributed by atoms with Crippen LogP contribution in [0.4, 0.5) is 31.8 Å². The summed E-state index contributed by atoms with van der Waals surface area (Å²) in [5.41, 5.74) is -1.79. The quantitative estimate of drug-likeness (QED) is 0.0150. The van der Waals surface area contributed by atoms with Crippen molar-refractivity contribution in [2.24, 2.45) is 0 Å². The van der Waals surface area contributed by atoms with E-state index >= 15 is 0 Å². The summed E-state index contributed by atoms with van der Waals surface area (Å²) in [6.07, 6.45) is 3.44. The number of hydrogen-bond acceptors (Lipinski definition) is 36. The van der Waals surface area contributed by atoms with Crippen molar-refractivity contribution in [1.82, 2.24) is 59.2 Å². The Kier molecular flexibility index (Phi) is 39.5. The summed E-state index contributed by atoms with van der Waals surface area (Å²) >= 11 is 19.3. The van der Waals surface area contributed by atoms with Crippen LogP contribution in [0.1, 0.15) is 213 Å². The van der Waals surface area contributed by atoms with Gasteiger partial charge < -0.3 is 99.4 Å². The smallest absolute Gasteiger partial charge is 1.00 e. The summed E-state index contributed by atoms with van der Waals surface area (Å²) in [6.45, 7) is 38.4. The normalized spacial score (nSPS) is 25.5. The van der Waals surface area contributed by atoms with Crippen molar-refractivity contribution in [2.45, 2.75) is 331 Å². The summed E-state index contributed by atoms with van der Waals surface area (Å²) in [6, 6.07) is -0.424. The molecule has 0 N–H and O–H groups in total. The molecule has 752 valence electrons. The molecule has 0 bridgehead atoms. The summed E-state index contributed by atoms with van der Waals surface area (Å²) in [5, 5.41) is 14.7. The van der Waals surface area contributed by atoms with Crippen molar-refractivity contribution in [2.75, 3.05) is 84.6 Å². The first-order valence-corrected chi connectivity index (χ1v) is 58.5. The molecule has 15 rings (SSSR count). The van der Waals surface area contributed by atoms with E-state index in [-0.39, 0.29) is 237 Å². The molecule has 6 aromatic heterocycles. The van der Waals surface area contributed by atoms with Gasteiger partial charge in [-0.05, 0) is 231 Å². The molecule has 14 atom stereocenters. The van der Waals surface area contributed by atoms with Gasteiger partial charge in [0, 0.05) is 18.1 Å².